The van der Waals surface area contributed by atoms with Crippen molar-refractivity contribution in [2.24, 2.45) is 0 Å². The Labute approximate surface area is 174 Å². The summed E-state index contributed by atoms with van der Waals surface area (Å²) in [5.41, 5.74) is 2.41. The molecular formula is C23H17F4N3O. The van der Waals surface area contributed by atoms with E-state index in [1.165, 1.54) is 30.3 Å². The molecule has 0 saturated carbocycles. The molecule has 4 aromatic rings. The number of H-pyrrole nitrogens is 1. The standard InChI is InChI=1S/C23H17F4N3O/c24-17-9-6-14(7-10-17)12-20(31)30-21(15-4-2-1-3-5-15)16-8-11-18-19(13-16)29-22(28-18)23(25,26)27/h1-11,13,21H,12H2,(H,28,29)(H,30,31). The smallest absolute Gasteiger partial charge is 0.345 e. The molecule has 4 nitrogen and oxygen atoms in total. The van der Waals surface area contributed by atoms with Crippen molar-refractivity contribution in [3.63, 3.8) is 0 Å². The quantitative estimate of drug-likeness (QED) is 0.432. The second-order valence-electron chi connectivity index (χ2n) is 7.07. The lowest BCUT2D eigenvalue weighted by atomic mass is 9.97. The maximum Gasteiger partial charge on any atom is 0.449 e. The molecule has 0 bridgehead atoms. The molecule has 0 saturated heterocycles. The molecule has 2 N–H and O–H groups in total. The van der Waals surface area contributed by atoms with Gasteiger partial charge in [0, 0.05) is 0 Å². The minimum Gasteiger partial charge on any atom is -0.345 e. The summed E-state index contributed by atoms with van der Waals surface area (Å²) in [4.78, 5) is 18.6. The third-order valence-corrected chi connectivity index (χ3v) is 4.82. The molecule has 1 aromatic heterocycles. The van der Waals surface area contributed by atoms with Crippen LogP contribution in [0.4, 0.5) is 17.6 Å². The topological polar surface area (TPSA) is 57.8 Å². The fourth-order valence-electron chi connectivity index (χ4n) is 3.35. The van der Waals surface area contributed by atoms with Gasteiger partial charge in [0.15, 0.2) is 0 Å². The van der Waals surface area contributed by atoms with Crippen molar-refractivity contribution in [2.45, 2.75) is 18.6 Å². The second-order valence-corrected chi connectivity index (χ2v) is 7.07. The largest absolute Gasteiger partial charge is 0.449 e. The van der Waals surface area contributed by atoms with Gasteiger partial charge in [-0.3, -0.25) is 4.79 Å². The molecule has 0 fully saturated rings. The van der Waals surface area contributed by atoms with E-state index in [0.717, 1.165) is 5.56 Å². The summed E-state index contributed by atoms with van der Waals surface area (Å²) >= 11 is 0. The maximum absolute atomic E-state index is 13.1. The fourth-order valence-corrected chi connectivity index (χ4v) is 3.35. The predicted octanol–water partition coefficient (Wildman–Crippen LogP) is 5.17. The van der Waals surface area contributed by atoms with Crippen LogP contribution in [0.1, 0.15) is 28.6 Å². The Morgan fingerprint density at radius 3 is 2.35 bits per heavy atom. The lowest BCUT2D eigenvalue weighted by Gasteiger charge is -2.20. The molecule has 4 rings (SSSR count). The van der Waals surface area contributed by atoms with E-state index >= 15 is 0 Å². The predicted molar refractivity (Wildman–Crippen MR) is 108 cm³/mol. The number of fused-ring (bicyclic) bond motifs is 1. The third-order valence-electron chi connectivity index (χ3n) is 4.82. The molecule has 0 aliphatic heterocycles. The van der Waals surface area contributed by atoms with Crippen molar-refractivity contribution in [3.8, 4) is 0 Å². The number of hydrogen-bond donors (Lipinski definition) is 2. The Balaban J connectivity index is 1.65. The Bertz CT molecular complexity index is 1200. The van der Waals surface area contributed by atoms with Crippen LogP contribution in [0.25, 0.3) is 11.0 Å². The molecular weight excluding hydrogens is 410 g/mol. The van der Waals surface area contributed by atoms with Gasteiger partial charge in [-0.05, 0) is 41.0 Å². The van der Waals surface area contributed by atoms with Gasteiger partial charge in [-0.15, -0.1) is 0 Å². The molecule has 1 amide bonds. The van der Waals surface area contributed by atoms with Crippen molar-refractivity contribution in [2.75, 3.05) is 0 Å². The number of nitrogens with zero attached hydrogens (tertiary/aromatic N) is 1. The monoisotopic (exact) mass is 427 g/mol. The summed E-state index contributed by atoms with van der Waals surface area (Å²) in [6.07, 6.45) is -4.55. The van der Waals surface area contributed by atoms with Gasteiger partial charge < -0.3 is 10.3 Å². The summed E-state index contributed by atoms with van der Waals surface area (Å²) in [6.45, 7) is 0. The highest BCUT2D eigenvalue weighted by Gasteiger charge is 2.34. The molecule has 31 heavy (non-hydrogen) atoms. The number of rotatable bonds is 5. The van der Waals surface area contributed by atoms with Gasteiger partial charge in [-0.25, -0.2) is 9.37 Å². The lowest BCUT2D eigenvalue weighted by molar-refractivity contribution is -0.144. The van der Waals surface area contributed by atoms with Gasteiger partial charge >= 0.3 is 6.18 Å². The minimum atomic E-state index is -4.58. The first-order valence-corrected chi connectivity index (χ1v) is 9.45. The highest BCUT2D eigenvalue weighted by Crippen LogP contribution is 2.30. The van der Waals surface area contributed by atoms with E-state index in [-0.39, 0.29) is 23.4 Å². The Kier molecular flexibility index (Phi) is 5.46. The molecule has 0 spiro atoms. The molecule has 1 heterocycles. The third kappa shape index (κ3) is 4.74. The van der Waals surface area contributed by atoms with E-state index in [0.29, 0.717) is 11.1 Å². The van der Waals surface area contributed by atoms with Crippen molar-refractivity contribution in [3.05, 3.63) is 101 Å². The van der Waals surface area contributed by atoms with Crippen LogP contribution < -0.4 is 5.32 Å². The number of benzene rings is 3. The Morgan fingerprint density at radius 2 is 1.68 bits per heavy atom. The number of carbonyl (C=O) groups excluding carboxylic acids is 1. The zero-order chi connectivity index (χ0) is 22.0. The first-order chi connectivity index (χ1) is 14.8. The van der Waals surface area contributed by atoms with Crippen molar-refractivity contribution < 1.29 is 22.4 Å². The number of nitrogens with one attached hydrogen (secondary N) is 2. The van der Waals surface area contributed by atoms with Gasteiger partial charge in [-0.1, -0.05) is 48.5 Å². The number of halogens is 4. The van der Waals surface area contributed by atoms with E-state index in [9.17, 15) is 22.4 Å². The van der Waals surface area contributed by atoms with Crippen LogP contribution in [0.15, 0.2) is 72.8 Å². The number of alkyl halides is 3. The molecule has 158 valence electrons. The number of hydrogen-bond acceptors (Lipinski definition) is 2. The van der Waals surface area contributed by atoms with E-state index < -0.39 is 23.9 Å². The average molecular weight is 427 g/mol. The highest BCUT2D eigenvalue weighted by molar-refractivity contribution is 5.80. The fraction of sp³-hybridized carbons (Fsp3) is 0.130. The lowest BCUT2D eigenvalue weighted by Crippen LogP contribution is -2.30. The molecule has 0 aliphatic carbocycles. The molecule has 8 heteroatoms. The summed E-state index contributed by atoms with van der Waals surface area (Å²) in [6, 6.07) is 18.8. The van der Waals surface area contributed by atoms with Crippen LogP contribution in [0.5, 0.6) is 0 Å². The van der Waals surface area contributed by atoms with Crippen LogP contribution in [0, 0.1) is 5.82 Å². The molecule has 1 unspecified atom stereocenters. The first kappa shape index (κ1) is 20.6. The Hall–Kier alpha value is -3.68. The van der Waals surface area contributed by atoms with Gasteiger partial charge in [0.05, 0.1) is 23.5 Å². The molecule has 3 aromatic carbocycles. The first-order valence-electron chi connectivity index (χ1n) is 9.45. The number of amides is 1. The van der Waals surface area contributed by atoms with E-state index in [1.807, 2.05) is 30.3 Å². The van der Waals surface area contributed by atoms with Crippen LogP contribution in [0.3, 0.4) is 0 Å². The number of carbonyl (C=O) groups is 1. The molecule has 0 radical (unpaired) electrons. The number of aromatic nitrogens is 2. The number of imidazole rings is 1. The van der Waals surface area contributed by atoms with E-state index in [1.54, 1.807) is 12.1 Å². The normalized spacial score (nSPS) is 12.6. The Morgan fingerprint density at radius 1 is 0.968 bits per heavy atom. The zero-order valence-electron chi connectivity index (χ0n) is 16.1. The summed E-state index contributed by atoms with van der Waals surface area (Å²) in [7, 11) is 0. The number of aromatic amines is 1. The van der Waals surface area contributed by atoms with Crippen molar-refractivity contribution in [1.29, 1.82) is 0 Å². The van der Waals surface area contributed by atoms with Gasteiger partial charge in [0.25, 0.3) is 0 Å². The average Bonchev–Trinajstić information content (AvgIpc) is 3.18. The molecule has 0 aliphatic rings. The second kappa shape index (κ2) is 8.22. The van der Waals surface area contributed by atoms with E-state index in [4.69, 9.17) is 0 Å². The van der Waals surface area contributed by atoms with Crippen LogP contribution >= 0.6 is 0 Å². The van der Waals surface area contributed by atoms with Gasteiger partial charge in [0.1, 0.15) is 5.82 Å². The van der Waals surface area contributed by atoms with Crippen molar-refractivity contribution in [1.82, 2.24) is 15.3 Å². The van der Waals surface area contributed by atoms with Crippen LogP contribution in [-0.4, -0.2) is 15.9 Å². The van der Waals surface area contributed by atoms with Crippen molar-refractivity contribution >= 4 is 16.9 Å². The highest BCUT2D eigenvalue weighted by atomic mass is 19.4. The summed E-state index contributed by atoms with van der Waals surface area (Å²) < 4.78 is 52.0. The molecule has 1 atom stereocenters. The van der Waals surface area contributed by atoms with Gasteiger partial charge in [0.2, 0.25) is 11.7 Å². The minimum absolute atomic E-state index is 0.0359. The van der Waals surface area contributed by atoms with Crippen LogP contribution in [-0.2, 0) is 17.4 Å². The van der Waals surface area contributed by atoms with Crippen LogP contribution in [0.2, 0.25) is 0 Å². The maximum atomic E-state index is 13.1. The SMILES string of the molecule is O=C(Cc1ccc(F)cc1)NC(c1ccccc1)c1ccc2nc(C(F)(F)F)[nH]c2c1. The summed E-state index contributed by atoms with van der Waals surface area (Å²) in [5.74, 6) is -1.77. The summed E-state index contributed by atoms with van der Waals surface area (Å²) in [5, 5.41) is 2.93. The van der Waals surface area contributed by atoms with E-state index in [2.05, 4.69) is 15.3 Å². The van der Waals surface area contributed by atoms with Gasteiger partial charge in [-0.2, -0.15) is 13.2 Å². The zero-order valence-corrected chi connectivity index (χ0v) is 16.1.